The molecule has 2 rings (SSSR count). The zero-order valence-electron chi connectivity index (χ0n) is 13.3. The van der Waals surface area contributed by atoms with Gasteiger partial charge in [0, 0.05) is 32.1 Å². The van der Waals surface area contributed by atoms with E-state index in [1.807, 2.05) is 0 Å². The Morgan fingerprint density at radius 3 is 2.38 bits per heavy atom. The Bertz CT molecular complexity index is 794. The van der Waals surface area contributed by atoms with Gasteiger partial charge in [-0.1, -0.05) is 36.4 Å². The fourth-order valence-electron chi connectivity index (χ4n) is 2.14. The molecular weight excluding hydrogens is 331 g/mol. The highest BCUT2D eigenvalue weighted by atomic mass is 32.2. The molecule has 2 aromatic rings. The summed E-state index contributed by atoms with van der Waals surface area (Å²) in [6.45, 7) is 0.120. The van der Waals surface area contributed by atoms with Crippen molar-refractivity contribution >= 4 is 15.9 Å². The van der Waals surface area contributed by atoms with Crippen molar-refractivity contribution in [2.24, 2.45) is 0 Å². The van der Waals surface area contributed by atoms with Crippen LogP contribution in [-0.2, 0) is 21.4 Å². The summed E-state index contributed by atoms with van der Waals surface area (Å²) >= 11 is 0. The lowest BCUT2D eigenvalue weighted by atomic mass is 10.2. The molecule has 0 aliphatic heterocycles. The Morgan fingerprint density at radius 1 is 1.08 bits per heavy atom. The van der Waals surface area contributed by atoms with E-state index in [0.29, 0.717) is 5.56 Å². The Labute approximate surface area is 141 Å². The fraction of sp³-hybridized carbons (Fsp3) is 0.235. The number of hydrogen-bond acceptors (Lipinski definition) is 3. The van der Waals surface area contributed by atoms with Gasteiger partial charge in [-0.2, -0.15) is 0 Å². The lowest BCUT2D eigenvalue weighted by Crippen LogP contribution is -2.32. The van der Waals surface area contributed by atoms with Crippen molar-refractivity contribution in [2.75, 3.05) is 13.6 Å². The van der Waals surface area contributed by atoms with Crippen LogP contribution >= 0.6 is 0 Å². The number of carbonyl (C=O) groups is 1. The topological polar surface area (TPSA) is 66.5 Å². The van der Waals surface area contributed by atoms with Crippen LogP contribution in [0.5, 0.6) is 0 Å². The molecule has 0 saturated heterocycles. The molecule has 0 saturated carbocycles. The van der Waals surface area contributed by atoms with Crippen molar-refractivity contribution in [1.82, 2.24) is 9.62 Å². The van der Waals surface area contributed by atoms with Crippen molar-refractivity contribution in [3.63, 3.8) is 0 Å². The van der Waals surface area contributed by atoms with Gasteiger partial charge in [0.2, 0.25) is 15.9 Å². The number of carbonyl (C=O) groups excluding carboxylic acids is 1. The van der Waals surface area contributed by atoms with Crippen molar-refractivity contribution in [3.8, 4) is 0 Å². The summed E-state index contributed by atoms with van der Waals surface area (Å²) in [5.41, 5.74) is 0.415. The summed E-state index contributed by atoms with van der Waals surface area (Å²) in [5, 5.41) is 0. The van der Waals surface area contributed by atoms with Crippen LogP contribution in [0.15, 0.2) is 59.5 Å². The van der Waals surface area contributed by atoms with Crippen LogP contribution in [0.3, 0.4) is 0 Å². The molecule has 24 heavy (non-hydrogen) atoms. The maximum atomic E-state index is 13.6. The number of amides is 1. The summed E-state index contributed by atoms with van der Waals surface area (Å²) in [5.74, 6) is -0.643. The summed E-state index contributed by atoms with van der Waals surface area (Å²) in [4.78, 5) is 13.6. The molecule has 0 spiro atoms. The van der Waals surface area contributed by atoms with Crippen LogP contribution in [0.4, 0.5) is 4.39 Å². The first-order valence-electron chi connectivity index (χ1n) is 7.42. The molecule has 0 atom stereocenters. The van der Waals surface area contributed by atoms with Gasteiger partial charge in [-0.15, -0.1) is 0 Å². The molecule has 0 aliphatic rings. The van der Waals surface area contributed by atoms with E-state index in [1.54, 1.807) is 43.4 Å². The Balaban J connectivity index is 1.86. The second-order valence-electron chi connectivity index (χ2n) is 5.30. The molecule has 1 N–H and O–H groups in total. The van der Waals surface area contributed by atoms with Crippen LogP contribution in [-0.4, -0.2) is 32.8 Å². The van der Waals surface area contributed by atoms with Crippen molar-refractivity contribution < 1.29 is 17.6 Å². The van der Waals surface area contributed by atoms with E-state index >= 15 is 0 Å². The van der Waals surface area contributed by atoms with Crippen LogP contribution in [0.2, 0.25) is 0 Å². The number of nitrogens with zero attached hydrogens (tertiary/aromatic N) is 1. The van der Waals surface area contributed by atoms with Crippen molar-refractivity contribution in [2.45, 2.75) is 17.9 Å². The maximum absolute atomic E-state index is 13.6. The van der Waals surface area contributed by atoms with E-state index in [1.165, 1.54) is 23.1 Å². The molecule has 128 valence electrons. The van der Waals surface area contributed by atoms with Crippen molar-refractivity contribution in [3.05, 3.63) is 66.0 Å². The molecule has 0 fully saturated rings. The van der Waals surface area contributed by atoms with Crippen LogP contribution < -0.4 is 4.72 Å². The fourth-order valence-corrected chi connectivity index (χ4v) is 3.19. The molecule has 0 radical (unpaired) electrons. The van der Waals surface area contributed by atoms with Gasteiger partial charge in [-0.05, 0) is 18.2 Å². The van der Waals surface area contributed by atoms with Gasteiger partial charge >= 0.3 is 0 Å². The van der Waals surface area contributed by atoms with Gasteiger partial charge < -0.3 is 4.90 Å². The first-order chi connectivity index (χ1) is 11.4. The number of nitrogens with one attached hydrogen (secondary N) is 1. The molecule has 5 nitrogen and oxygen atoms in total. The van der Waals surface area contributed by atoms with Gasteiger partial charge in [0.05, 0.1) is 4.90 Å². The van der Waals surface area contributed by atoms with Crippen LogP contribution in [0.1, 0.15) is 12.0 Å². The van der Waals surface area contributed by atoms with Crippen LogP contribution in [0, 0.1) is 5.82 Å². The Kier molecular flexibility index (Phi) is 6.05. The standard InChI is InChI=1S/C17H19FN2O3S/c1-20(13-14-7-5-6-10-16(14)18)17(21)11-12-19-24(22,23)15-8-3-2-4-9-15/h2-10,19H,11-13H2,1H3. The molecular formula is C17H19FN2O3S. The quantitative estimate of drug-likeness (QED) is 0.832. The van der Waals surface area contributed by atoms with Gasteiger partial charge in [-0.25, -0.2) is 17.5 Å². The summed E-state index contributed by atoms with van der Waals surface area (Å²) in [6.07, 6.45) is -0.00296. The summed E-state index contributed by atoms with van der Waals surface area (Å²) < 4.78 is 40.0. The van der Waals surface area contributed by atoms with Gasteiger partial charge in [0.25, 0.3) is 0 Å². The summed E-state index contributed by atoms with van der Waals surface area (Å²) in [6, 6.07) is 14.2. The second-order valence-corrected chi connectivity index (χ2v) is 7.07. The average Bonchev–Trinajstić information content (AvgIpc) is 2.57. The van der Waals surface area contributed by atoms with Gasteiger partial charge in [0.15, 0.2) is 0 Å². The third kappa shape index (κ3) is 4.87. The number of benzene rings is 2. The van der Waals surface area contributed by atoms with E-state index in [4.69, 9.17) is 0 Å². The highest BCUT2D eigenvalue weighted by molar-refractivity contribution is 7.89. The monoisotopic (exact) mass is 350 g/mol. The maximum Gasteiger partial charge on any atom is 0.240 e. The molecule has 0 aliphatic carbocycles. The van der Waals surface area contributed by atoms with Gasteiger partial charge in [0.1, 0.15) is 5.82 Å². The highest BCUT2D eigenvalue weighted by Gasteiger charge is 2.15. The number of halogens is 1. The molecule has 2 aromatic carbocycles. The number of sulfonamides is 1. The first-order valence-corrected chi connectivity index (χ1v) is 8.90. The van der Waals surface area contributed by atoms with Gasteiger partial charge in [-0.3, -0.25) is 4.79 Å². The molecule has 0 heterocycles. The number of hydrogen-bond donors (Lipinski definition) is 1. The minimum Gasteiger partial charge on any atom is -0.341 e. The minimum atomic E-state index is -3.63. The predicted octanol–water partition coefficient (Wildman–Crippen LogP) is 2.15. The number of rotatable bonds is 7. The SMILES string of the molecule is CN(Cc1ccccc1F)C(=O)CCNS(=O)(=O)c1ccccc1. The Hall–Kier alpha value is -2.25. The van der Waals surface area contributed by atoms with E-state index in [2.05, 4.69) is 4.72 Å². The normalized spacial score (nSPS) is 11.2. The zero-order chi connectivity index (χ0) is 17.6. The molecule has 0 unspecified atom stereocenters. The molecule has 7 heteroatoms. The third-order valence-corrected chi connectivity index (χ3v) is 4.95. The van der Waals surface area contributed by atoms with E-state index in [9.17, 15) is 17.6 Å². The smallest absolute Gasteiger partial charge is 0.240 e. The molecule has 1 amide bonds. The van der Waals surface area contributed by atoms with E-state index in [0.717, 1.165) is 0 Å². The average molecular weight is 350 g/mol. The molecule has 0 bridgehead atoms. The summed E-state index contributed by atoms with van der Waals surface area (Å²) in [7, 11) is -2.07. The second kappa shape index (κ2) is 8.03. The Morgan fingerprint density at radius 2 is 1.71 bits per heavy atom. The first kappa shape index (κ1) is 18.1. The zero-order valence-corrected chi connectivity index (χ0v) is 14.1. The lowest BCUT2D eigenvalue weighted by molar-refractivity contribution is -0.130. The van der Waals surface area contributed by atoms with E-state index < -0.39 is 10.0 Å². The molecule has 0 aromatic heterocycles. The third-order valence-electron chi connectivity index (χ3n) is 3.48. The van der Waals surface area contributed by atoms with E-state index in [-0.39, 0.29) is 36.1 Å². The lowest BCUT2D eigenvalue weighted by Gasteiger charge is -2.17. The van der Waals surface area contributed by atoms with Crippen molar-refractivity contribution in [1.29, 1.82) is 0 Å². The predicted molar refractivity (Wildman–Crippen MR) is 89.1 cm³/mol. The highest BCUT2D eigenvalue weighted by Crippen LogP contribution is 2.10. The minimum absolute atomic E-state index is 0.00296. The van der Waals surface area contributed by atoms with Crippen LogP contribution in [0.25, 0.3) is 0 Å². The largest absolute Gasteiger partial charge is 0.341 e.